The van der Waals surface area contributed by atoms with Crippen molar-refractivity contribution in [1.82, 2.24) is 0 Å². The number of methoxy groups -OCH3 is 1. The Morgan fingerprint density at radius 1 is 2.29 bits per heavy atom. The molecule has 7 heavy (non-hydrogen) atoms. The van der Waals surface area contributed by atoms with Gasteiger partial charge in [-0.2, -0.15) is 0 Å². The van der Waals surface area contributed by atoms with Crippen LogP contribution in [0.3, 0.4) is 0 Å². The molecule has 0 N–H and O–H groups in total. The van der Waals surface area contributed by atoms with Gasteiger partial charge < -0.3 is 4.74 Å². The Hall–Kier alpha value is -0.790. The van der Waals surface area contributed by atoms with Crippen molar-refractivity contribution in [2.24, 2.45) is 0 Å². The Morgan fingerprint density at radius 3 is 3.00 bits per heavy atom. The molecule has 0 aliphatic carbocycles. The van der Waals surface area contributed by atoms with E-state index in [0.29, 0.717) is 0 Å². The number of carbonyl (C=O) groups is 1. The summed E-state index contributed by atoms with van der Waals surface area (Å²) in [5.74, 6) is -0.919. The van der Waals surface area contributed by atoms with Gasteiger partial charge in [-0.3, -0.25) is 4.79 Å². The summed E-state index contributed by atoms with van der Waals surface area (Å²) in [6, 6.07) is 0. The SMILES string of the molecule is [2H]C([2H])(C=C)C(=O)OC. The van der Waals surface area contributed by atoms with Crippen LogP contribution >= 0.6 is 0 Å². The lowest BCUT2D eigenvalue weighted by molar-refractivity contribution is -0.139. The van der Waals surface area contributed by atoms with Crippen molar-refractivity contribution in [2.75, 3.05) is 7.11 Å². The molecular formula is C5H8O2. The van der Waals surface area contributed by atoms with Gasteiger partial charge in [0.15, 0.2) is 0 Å². The summed E-state index contributed by atoms with van der Waals surface area (Å²) in [4.78, 5) is 10.4. The Balaban J connectivity index is 4.14. The molecule has 0 saturated heterocycles. The van der Waals surface area contributed by atoms with Gasteiger partial charge in [-0.25, -0.2) is 0 Å². The molecule has 0 unspecified atom stereocenters. The van der Waals surface area contributed by atoms with Gasteiger partial charge in [-0.05, 0) is 0 Å². The molecule has 2 nitrogen and oxygen atoms in total. The fourth-order valence-corrected chi connectivity index (χ4v) is 0.142. The number of rotatable bonds is 2. The van der Waals surface area contributed by atoms with E-state index in [-0.39, 0.29) is 0 Å². The van der Waals surface area contributed by atoms with Gasteiger partial charge in [-0.15, -0.1) is 6.58 Å². The quantitative estimate of drug-likeness (QED) is 0.379. The maximum Gasteiger partial charge on any atom is 0.309 e. The summed E-state index contributed by atoms with van der Waals surface area (Å²) >= 11 is 0. The van der Waals surface area contributed by atoms with Crippen molar-refractivity contribution in [1.29, 1.82) is 0 Å². The van der Waals surface area contributed by atoms with Crippen molar-refractivity contribution >= 4 is 5.97 Å². The molecule has 0 radical (unpaired) electrons. The first-order valence-electron chi connectivity index (χ1n) is 2.76. The van der Waals surface area contributed by atoms with E-state index in [1.54, 1.807) is 0 Å². The topological polar surface area (TPSA) is 26.3 Å². The van der Waals surface area contributed by atoms with Gasteiger partial charge in [-0.1, -0.05) is 6.08 Å². The number of hydrogen-bond donors (Lipinski definition) is 0. The van der Waals surface area contributed by atoms with E-state index in [4.69, 9.17) is 2.74 Å². The lowest BCUT2D eigenvalue weighted by atomic mass is 10.4. The van der Waals surface area contributed by atoms with E-state index in [2.05, 4.69) is 11.3 Å². The van der Waals surface area contributed by atoms with Crippen LogP contribution in [-0.2, 0) is 9.53 Å². The smallest absolute Gasteiger partial charge is 0.309 e. The van der Waals surface area contributed by atoms with Crippen molar-refractivity contribution in [3.8, 4) is 0 Å². The summed E-state index contributed by atoms with van der Waals surface area (Å²) < 4.78 is 17.8. The summed E-state index contributed by atoms with van der Waals surface area (Å²) in [6.45, 7) is 3.13. The standard InChI is InChI=1S/C5H8O2/c1-3-4-5(6)7-2/h3H,1,4H2,2H3/i4D2. The van der Waals surface area contributed by atoms with Crippen molar-refractivity contribution in [3.05, 3.63) is 12.7 Å². The third-order valence-electron chi connectivity index (χ3n) is 0.405. The minimum atomic E-state index is -2.05. The first-order valence-corrected chi connectivity index (χ1v) is 1.76. The average Bonchev–Trinajstić information content (AvgIpc) is 1.86. The fraction of sp³-hybridized carbons (Fsp3) is 0.400. The molecule has 0 heterocycles. The van der Waals surface area contributed by atoms with Crippen molar-refractivity contribution in [2.45, 2.75) is 6.37 Å². The van der Waals surface area contributed by atoms with E-state index in [0.717, 1.165) is 13.2 Å². The van der Waals surface area contributed by atoms with Crippen LogP contribution in [0.25, 0.3) is 0 Å². The second kappa shape index (κ2) is 3.40. The van der Waals surface area contributed by atoms with E-state index in [9.17, 15) is 4.79 Å². The molecule has 0 bridgehead atoms. The summed E-state index contributed by atoms with van der Waals surface area (Å²) in [6.07, 6.45) is -1.15. The molecular weight excluding hydrogens is 92.1 g/mol. The van der Waals surface area contributed by atoms with Gasteiger partial charge in [0.2, 0.25) is 0 Å². The highest BCUT2D eigenvalue weighted by atomic mass is 16.5. The van der Waals surface area contributed by atoms with Gasteiger partial charge >= 0.3 is 5.97 Å². The van der Waals surface area contributed by atoms with E-state index in [1.807, 2.05) is 0 Å². The fourth-order valence-electron chi connectivity index (χ4n) is 0.142. The van der Waals surface area contributed by atoms with Crippen LogP contribution in [0.1, 0.15) is 9.11 Å². The predicted molar refractivity (Wildman–Crippen MR) is 26.8 cm³/mol. The number of hydrogen-bond acceptors (Lipinski definition) is 2. The zero-order chi connectivity index (χ0) is 7.49. The molecule has 0 fully saturated rings. The highest BCUT2D eigenvalue weighted by Crippen LogP contribution is 1.80. The molecule has 0 atom stereocenters. The molecule has 0 spiro atoms. The molecule has 0 aliphatic rings. The van der Waals surface area contributed by atoms with Crippen LogP contribution in [0.5, 0.6) is 0 Å². The maximum atomic E-state index is 10.4. The zero-order valence-electron chi connectivity index (χ0n) is 6.10. The summed E-state index contributed by atoms with van der Waals surface area (Å²) in [5.41, 5.74) is 0. The first kappa shape index (κ1) is 3.24. The second-order valence-corrected chi connectivity index (χ2v) is 0.840. The highest BCUT2D eigenvalue weighted by Gasteiger charge is 1.90. The van der Waals surface area contributed by atoms with Crippen LogP contribution < -0.4 is 0 Å². The third kappa shape index (κ3) is 3.03. The van der Waals surface area contributed by atoms with E-state index in [1.165, 1.54) is 0 Å². The monoisotopic (exact) mass is 102 g/mol. The minimum Gasteiger partial charge on any atom is -0.469 e. The normalized spacial score (nSPS) is 13.9. The molecule has 0 rings (SSSR count). The Morgan fingerprint density at radius 2 is 2.86 bits per heavy atom. The molecule has 0 aromatic carbocycles. The zero-order valence-corrected chi connectivity index (χ0v) is 4.10. The van der Waals surface area contributed by atoms with Gasteiger partial charge in [0.1, 0.15) is 0 Å². The molecule has 0 saturated carbocycles. The highest BCUT2D eigenvalue weighted by molar-refractivity contribution is 5.70. The molecule has 0 aromatic rings. The Kier molecular flexibility index (Phi) is 1.58. The maximum absolute atomic E-state index is 10.4. The Bertz CT molecular complexity index is 131. The van der Waals surface area contributed by atoms with Gasteiger partial charge in [0.05, 0.1) is 13.5 Å². The molecule has 2 heteroatoms. The van der Waals surface area contributed by atoms with E-state index < -0.39 is 12.3 Å². The Labute approximate surface area is 45.6 Å². The number of carbonyl (C=O) groups excluding carboxylic acids is 1. The van der Waals surface area contributed by atoms with Crippen LogP contribution in [0, 0.1) is 0 Å². The van der Waals surface area contributed by atoms with Crippen LogP contribution in [0.15, 0.2) is 12.7 Å². The summed E-state index contributed by atoms with van der Waals surface area (Å²) in [7, 11) is 1.13. The van der Waals surface area contributed by atoms with E-state index >= 15 is 0 Å². The molecule has 40 valence electrons. The minimum absolute atomic E-state index is 0.902. The average molecular weight is 102 g/mol. The van der Waals surface area contributed by atoms with Gasteiger partial charge in [0.25, 0.3) is 0 Å². The predicted octanol–water partition coefficient (Wildman–Crippen LogP) is 0.736. The lowest BCUT2D eigenvalue weighted by Gasteiger charge is -1.88. The largest absolute Gasteiger partial charge is 0.469 e. The van der Waals surface area contributed by atoms with Crippen LogP contribution in [0.4, 0.5) is 0 Å². The number of esters is 1. The molecule has 0 amide bonds. The summed E-state index contributed by atoms with van der Waals surface area (Å²) in [5, 5.41) is 0. The lowest BCUT2D eigenvalue weighted by Crippen LogP contribution is -1.95. The molecule has 0 aliphatic heterocycles. The van der Waals surface area contributed by atoms with Crippen LogP contribution in [-0.4, -0.2) is 13.1 Å². The second-order valence-electron chi connectivity index (χ2n) is 0.840. The van der Waals surface area contributed by atoms with Crippen molar-refractivity contribution in [3.63, 3.8) is 0 Å². The number of ether oxygens (including phenoxy) is 1. The first-order chi connectivity index (χ1) is 4.04. The molecule has 0 aromatic heterocycles. The van der Waals surface area contributed by atoms with Gasteiger partial charge in [0, 0.05) is 2.74 Å². The van der Waals surface area contributed by atoms with Crippen LogP contribution in [0.2, 0.25) is 0 Å². The third-order valence-corrected chi connectivity index (χ3v) is 0.405. The van der Waals surface area contributed by atoms with Crippen molar-refractivity contribution < 1.29 is 12.3 Å².